The topological polar surface area (TPSA) is 36.9 Å². The molecule has 268 valence electrons. The van der Waals surface area contributed by atoms with Crippen LogP contribution in [0.1, 0.15) is 0 Å². The van der Waals surface area contributed by atoms with Crippen LogP contribution >= 0.6 is 0 Å². The molecule has 0 bridgehead atoms. The molecule has 0 N–H and O–H groups in total. The maximum absolute atomic E-state index is 8.23. The Morgan fingerprint density at radius 2 is 0.418 bits per heavy atom. The van der Waals surface area contributed by atoms with E-state index in [1.54, 1.807) is 0 Å². The summed E-state index contributed by atoms with van der Waals surface area (Å²) in [6, 6.07) is 83.0. The molecule has 0 fully saturated rings. The van der Waals surface area contributed by atoms with E-state index in [0.29, 0.717) is 11.5 Å². The molecule has 8 rings (SSSR count). The van der Waals surface area contributed by atoms with Crippen LogP contribution in [0.5, 0.6) is 11.5 Å². The Balaban J connectivity index is 1.49. The molecule has 8 aromatic carbocycles. The predicted octanol–water partition coefficient (Wildman–Crippen LogP) is 7.33. The first-order valence-electron chi connectivity index (χ1n) is 18.4. The van der Waals surface area contributed by atoms with Crippen molar-refractivity contribution in [2.75, 3.05) is 0 Å². The number of para-hydroxylation sites is 2. The van der Waals surface area contributed by atoms with Crippen LogP contribution in [0.4, 0.5) is 0 Å². The molecule has 0 radical (unpaired) electrons. The predicted molar refractivity (Wildman–Crippen MR) is 224 cm³/mol. The Morgan fingerprint density at radius 1 is 0.236 bits per heavy atom. The number of hydrogen-bond acceptors (Lipinski definition) is 4. The molecule has 0 atom stereocenters. The van der Waals surface area contributed by atoms with Gasteiger partial charge < -0.3 is 0 Å². The molecular weight excluding hydrogens is 788 g/mol. The van der Waals surface area contributed by atoms with Crippen LogP contribution in [0.15, 0.2) is 243 Å². The minimum atomic E-state index is -5.72. The monoisotopic (exact) mass is 826 g/mol. The molecule has 55 heavy (non-hydrogen) atoms. The van der Waals surface area contributed by atoms with Crippen LogP contribution in [0.3, 0.4) is 0 Å². The van der Waals surface area contributed by atoms with Crippen molar-refractivity contribution in [1.29, 1.82) is 0 Å². The summed E-state index contributed by atoms with van der Waals surface area (Å²) in [5.41, 5.74) is 0. The van der Waals surface area contributed by atoms with E-state index in [1.807, 2.05) is 97.1 Å². The molecule has 0 saturated carbocycles. The summed E-state index contributed by atoms with van der Waals surface area (Å²) in [7, 11) is -7.06. The van der Waals surface area contributed by atoms with Gasteiger partial charge in [0.05, 0.1) is 0 Å². The van der Waals surface area contributed by atoms with Crippen molar-refractivity contribution in [3.63, 3.8) is 0 Å². The van der Waals surface area contributed by atoms with E-state index in [2.05, 4.69) is 146 Å². The third-order valence-electron chi connectivity index (χ3n) is 9.61. The Morgan fingerprint density at radius 3 is 0.618 bits per heavy atom. The van der Waals surface area contributed by atoms with Crippen molar-refractivity contribution >= 4 is 47.8 Å². The third kappa shape index (κ3) is 7.76. The third-order valence-corrected chi connectivity index (χ3v) is 28.2. The Labute approximate surface area is 332 Å². The summed E-state index contributed by atoms with van der Waals surface area (Å²) in [4.78, 5) is 0. The van der Waals surface area contributed by atoms with Gasteiger partial charge in [0.2, 0.25) is 0 Å². The van der Waals surface area contributed by atoms with Gasteiger partial charge in [-0.25, -0.2) is 0 Å². The summed E-state index contributed by atoms with van der Waals surface area (Å²) in [5.74, 6) is 1.23. The zero-order valence-corrected chi connectivity index (χ0v) is 34.7. The molecule has 0 unspecified atom stereocenters. The van der Waals surface area contributed by atoms with E-state index < -0.39 is 38.7 Å². The van der Waals surface area contributed by atoms with Crippen LogP contribution in [0.2, 0.25) is 0 Å². The van der Waals surface area contributed by atoms with Gasteiger partial charge in [-0.2, -0.15) is 0 Å². The van der Waals surface area contributed by atoms with Crippen molar-refractivity contribution in [3.8, 4) is 11.5 Å². The van der Waals surface area contributed by atoms with Crippen LogP contribution in [-0.2, 0) is 27.0 Å². The van der Waals surface area contributed by atoms with Crippen LogP contribution in [-0.4, -0.2) is 16.6 Å². The average Bonchev–Trinajstić information content (AvgIpc) is 3.27. The van der Waals surface area contributed by atoms with E-state index in [0.717, 1.165) is 31.1 Å². The van der Waals surface area contributed by atoms with Gasteiger partial charge in [0.1, 0.15) is 0 Å². The molecule has 0 amide bonds. The number of rotatable bonds is 14. The normalized spacial score (nSPS) is 11.8. The second-order valence-electron chi connectivity index (χ2n) is 13.1. The van der Waals surface area contributed by atoms with Crippen molar-refractivity contribution in [2.45, 2.75) is 0 Å². The zero-order chi connectivity index (χ0) is 37.2. The fourth-order valence-corrected chi connectivity index (χ4v) is 30.0. The first-order chi connectivity index (χ1) is 27.2. The minimum absolute atomic E-state index is 0.614. The first kappa shape index (κ1) is 36.6. The number of hydrogen-bond donors (Lipinski definition) is 0. The summed E-state index contributed by atoms with van der Waals surface area (Å²) in [5, 5.41) is 6.32. The van der Waals surface area contributed by atoms with Gasteiger partial charge in [0.15, 0.2) is 0 Å². The van der Waals surface area contributed by atoms with E-state index >= 15 is 0 Å². The fraction of sp³-hybridized carbons (Fsp3) is 0. The molecule has 0 aromatic heterocycles. The molecule has 8 aromatic rings. The second kappa shape index (κ2) is 16.9. The summed E-state index contributed by atoms with van der Waals surface area (Å²) < 4.78 is 31.4. The summed E-state index contributed by atoms with van der Waals surface area (Å²) in [6.07, 6.45) is 0. The van der Waals surface area contributed by atoms with Gasteiger partial charge in [-0.05, 0) is 0 Å². The first-order valence-corrected chi connectivity index (χ1v) is 26.2. The fourth-order valence-electron chi connectivity index (χ4n) is 7.16. The van der Waals surface area contributed by atoms with E-state index in [1.165, 1.54) is 0 Å². The van der Waals surface area contributed by atoms with Crippen molar-refractivity contribution in [3.05, 3.63) is 243 Å². The van der Waals surface area contributed by atoms with Gasteiger partial charge in [-0.1, -0.05) is 0 Å². The SMILES string of the molecule is c1ccc([O][Zr]([O]c2ccccc2)([O][Si](c2ccccc2)(c2ccccc2)c2ccccc2)[O][Si](c2ccccc2)(c2ccccc2)c2ccccc2)cc1. The van der Waals surface area contributed by atoms with Crippen LogP contribution < -0.4 is 36.7 Å². The maximum atomic E-state index is 8.23. The standard InChI is InChI=1S/2C18H15OSi.2C6H6O.Zr/c2*19-20(16-10-4-1-5-11-16,17-12-6-2-7-13-17)18-14-8-3-9-15-18;2*7-6-4-2-1-3-5-6;/h2*1-15H;2*1-5,7H;/q2*-1;;;+4/p-2. The molecule has 0 aliphatic carbocycles. The van der Waals surface area contributed by atoms with Gasteiger partial charge in [0, 0.05) is 0 Å². The summed E-state index contributed by atoms with van der Waals surface area (Å²) in [6.45, 7) is 0. The molecule has 0 saturated heterocycles. The molecule has 4 nitrogen and oxygen atoms in total. The quantitative estimate of drug-likeness (QED) is 0.0852. The average molecular weight is 828 g/mol. The van der Waals surface area contributed by atoms with E-state index in [-0.39, 0.29) is 0 Å². The van der Waals surface area contributed by atoms with Crippen LogP contribution in [0.25, 0.3) is 0 Å². The van der Waals surface area contributed by atoms with Gasteiger partial charge >= 0.3 is 335 Å². The Bertz CT molecular complexity index is 1990. The Hall–Kier alpha value is -5.40. The van der Waals surface area contributed by atoms with E-state index in [9.17, 15) is 0 Å². The van der Waals surface area contributed by atoms with Gasteiger partial charge in [0.25, 0.3) is 0 Å². The number of benzene rings is 8. The molecule has 0 aliphatic heterocycles. The Kier molecular flexibility index (Phi) is 11.3. The molecule has 0 heterocycles. The zero-order valence-electron chi connectivity index (χ0n) is 30.2. The van der Waals surface area contributed by atoms with Crippen molar-refractivity contribution in [1.82, 2.24) is 0 Å². The van der Waals surface area contributed by atoms with Gasteiger partial charge in [-0.3, -0.25) is 0 Å². The van der Waals surface area contributed by atoms with Crippen molar-refractivity contribution in [2.24, 2.45) is 0 Å². The molecular formula is C48H40O4Si2Zr. The van der Waals surface area contributed by atoms with E-state index in [4.69, 9.17) is 10.6 Å². The van der Waals surface area contributed by atoms with Crippen LogP contribution in [0, 0.1) is 0 Å². The molecule has 0 aliphatic rings. The summed E-state index contributed by atoms with van der Waals surface area (Å²) >= 11 is -5.72. The molecule has 7 heteroatoms. The molecule has 0 spiro atoms. The van der Waals surface area contributed by atoms with Crippen molar-refractivity contribution < 1.29 is 32.7 Å². The second-order valence-corrected chi connectivity index (χ2v) is 26.2. The van der Waals surface area contributed by atoms with Gasteiger partial charge in [-0.15, -0.1) is 0 Å².